The summed E-state index contributed by atoms with van der Waals surface area (Å²) in [6.07, 6.45) is 5.72. The van der Waals surface area contributed by atoms with Crippen LogP contribution in [0.25, 0.3) is 0 Å². The molecule has 0 aromatic heterocycles. The number of nitro groups is 1. The maximum Gasteiger partial charge on any atom is 0.387 e. The van der Waals surface area contributed by atoms with Gasteiger partial charge in [0.2, 0.25) is 5.75 Å². The van der Waals surface area contributed by atoms with Gasteiger partial charge in [-0.1, -0.05) is 6.42 Å². The number of likely N-dealkylation sites (tertiary alicyclic amines) is 1. The van der Waals surface area contributed by atoms with Crippen LogP contribution in [0.2, 0.25) is 0 Å². The molecule has 0 N–H and O–H groups in total. The van der Waals surface area contributed by atoms with Crippen molar-refractivity contribution >= 4 is 11.4 Å². The molecule has 1 unspecified atom stereocenters. The molecule has 3 rings (SSSR count). The van der Waals surface area contributed by atoms with Crippen LogP contribution in [0.3, 0.4) is 0 Å². The minimum Gasteiger partial charge on any atom is -0.427 e. The minimum absolute atomic E-state index is 0.375. The van der Waals surface area contributed by atoms with Crippen LogP contribution in [-0.2, 0) is 0 Å². The third kappa shape index (κ3) is 4.36. The van der Waals surface area contributed by atoms with E-state index in [1.165, 1.54) is 25.0 Å². The van der Waals surface area contributed by atoms with Gasteiger partial charge in [-0.2, -0.15) is 8.78 Å². The Labute approximate surface area is 145 Å². The summed E-state index contributed by atoms with van der Waals surface area (Å²) in [7, 11) is 0. The fourth-order valence-electron chi connectivity index (χ4n) is 3.80. The Kier molecular flexibility index (Phi) is 5.67. The predicted molar refractivity (Wildman–Crippen MR) is 90.4 cm³/mol. The fourth-order valence-corrected chi connectivity index (χ4v) is 3.80. The smallest absolute Gasteiger partial charge is 0.387 e. The first-order chi connectivity index (χ1) is 12.0. The molecule has 2 fully saturated rings. The van der Waals surface area contributed by atoms with Crippen molar-refractivity contribution in [2.45, 2.75) is 44.8 Å². The van der Waals surface area contributed by atoms with Crippen molar-refractivity contribution in [1.29, 1.82) is 0 Å². The molecule has 0 radical (unpaired) electrons. The van der Waals surface area contributed by atoms with Crippen LogP contribution in [0.4, 0.5) is 20.2 Å². The van der Waals surface area contributed by atoms with Crippen molar-refractivity contribution < 1.29 is 18.4 Å². The number of rotatable bonds is 5. The summed E-state index contributed by atoms with van der Waals surface area (Å²) in [5.41, 5.74) is 0.266. The second-order valence-corrected chi connectivity index (χ2v) is 6.63. The topological polar surface area (TPSA) is 58.9 Å². The van der Waals surface area contributed by atoms with E-state index in [0.717, 1.165) is 45.4 Å². The highest BCUT2D eigenvalue weighted by Crippen LogP contribution is 2.34. The van der Waals surface area contributed by atoms with Gasteiger partial charge >= 0.3 is 12.3 Å². The average molecular weight is 355 g/mol. The Balaban J connectivity index is 1.82. The molecule has 1 aromatic carbocycles. The quantitative estimate of drug-likeness (QED) is 0.596. The molecule has 0 spiro atoms. The Morgan fingerprint density at radius 3 is 2.56 bits per heavy atom. The van der Waals surface area contributed by atoms with Crippen molar-refractivity contribution in [3.05, 3.63) is 28.3 Å². The zero-order chi connectivity index (χ0) is 17.8. The molecule has 1 aromatic rings. The van der Waals surface area contributed by atoms with E-state index < -0.39 is 17.2 Å². The Bertz CT molecular complexity index is 609. The predicted octanol–water partition coefficient (Wildman–Crippen LogP) is 3.65. The van der Waals surface area contributed by atoms with E-state index in [9.17, 15) is 18.9 Å². The Hall–Kier alpha value is -1.96. The second-order valence-electron chi connectivity index (χ2n) is 6.63. The third-order valence-electron chi connectivity index (χ3n) is 5.02. The van der Waals surface area contributed by atoms with Crippen LogP contribution >= 0.6 is 0 Å². The lowest BCUT2D eigenvalue weighted by Gasteiger charge is -2.32. The molecule has 1 atom stereocenters. The van der Waals surface area contributed by atoms with Crippen molar-refractivity contribution in [2.75, 3.05) is 31.1 Å². The van der Waals surface area contributed by atoms with E-state index in [1.54, 1.807) is 6.07 Å². The summed E-state index contributed by atoms with van der Waals surface area (Å²) >= 11 is 0. The van der Waals surface area contributed by atoms with Gasteiger partial charge in [0.05, 0.1) is 4.92 Å². The van der Waals surface area contributed by atoms with Crippen molar-refractivity contribution in [1.82, 2.24) is 4.90 Å². The van der Waals surface area contributed by atoms with Gasteiger partial charge in [-0.25, -0.2) is 0 Å². The Morgan fingerprint density at radius 1 is 1.16 bits per heavy atom. The van der Waals surface area contributed by atoms with Gasteiger partial charge in [-0.05, 0) is 44.8 Å². The van der Waals surface area contributed by atoms with Crippen molar-refractivity contribution in [3.63, 3.8) is 0 Å². The van der Waals surface area contributed by atoms with Crippen LogP contribution in [0, 0.1) is 10.1 Å². The molecule has 2 aliphatic rings. The molecular formula is C17H23F2N3O3. The summed E-state index contributed by atoms with van der Waals surface area (Å²) in [6.45, 7) is 0.759. The average Bonchev–Trinajstić information content (AvgIpc) is 2.99. The first-order valence-corrected chi connectivity index (χ1v) is 8.77. The summed E-state index contributed by atoms with van der Waals surface area (Å²) in [6, 6.07) is 4.70. The van der Waals surface area contributed by atoms with Gasteiger partial charge in [-0.15, -0.1) is 0 Å². The molecule has 8 heteroatoms. The number of ether oxygens (including phenoxy) is 1. The zero-order valence-corrected chi connectivity index (χ0v) is 14.1. The normalized spacial score (nSPS) is 22.2. The summed E-state index contributed by atoms with van der Waals surface area (Å²) in [5, 5.41) is 11.0. The van der Waals surface area contributed by atoms with Gasteiger partial charge in [0, 0.05) is 37.0 Å². The molecular weight excluding hydrogens is 332 g/mol. The molecule has 2 heterocycles. The summed E-state index contributed by atoms with van der Waals surface area (Å²) in [4.78, 5) is 15.0. The zero-order valence-electron chi connectivity index (χ0n) is 14.1. The Morgan fingerprint density at radius 2 is 1.88 bits per heavy atom. The van der Waals surface area contributed by atoms with E-state index in [-0.39, 0.29) is 5.75 Å². The number of alkyl halides is 2. The van der Waals surface area contributed by atoms with Gasteiger partial charge in [0.15, 0.2) is 0 Å². The third-order valence-corrected chi connectivity index (χ3v) is 5.02. The lowest BCUT2D eigenvalue weighted by Crippen LogP contribution is -2.41. The minimum atomic E-state index is -3.09. The van der Waals surface area contributed by atoms with E-state index in [1.807, 2.05) is 0 Å². The lowest BCUT2D eigenvalue weighted by molar-refractivity contribution is -0.386. The molecule has 0 bridgehead atoms. The molecule has 138 valence electrons. The molecule has 0 aliphatic carbocycles. The highest BCUT2D eigenvalue weighted by molar-refractivity contribution is 5.59. The first-order valence-electron chi connectivity index (χ1n) is 8.77. The van der Waals surface area contributed by atoms with E-state index in [0.29, 0.717) is 11.7 Å². The van der Waals surface area contributed by atoms with Gasteiger partial charge in [0.1, 0.15) is 0 Å². The number of anilines is 1. The molecule has 0 amide bonds. The number of nitro benzene ring substituents is 1. The second kappa shape index (κ2) is 7.95. The van der Waals surface area contributed by atoms with Crippen LogP contribution < -0.4 is 9.64 Å². The fraction of sp³-hybridized carbons (Fsp3) is 0.647. The SMILES string of the molecule is O=[N+]([O-])c1ccc(N2CCCCC(N3CCCC3)C2)cc1OC(F)F. The van der Waals surface area contributed by atoms with E-state index in [2.05, 4.69) is 14.5 Å². The van der Waals surface area contributed by atoms with Crippen molar-refractivity contribution in [2.24, 2.45) is 0 Å². The summed E-state index contributed by atoms with van der Waals surface area (Å²) < 4.78 is 29.6. The molecule has 2 aliphatic heterocycles. The number of nitrogens with zero attached hydrogens (tertiary/aromatic N) is 3. The van der Waals surface area contributed by atoms with E-state index in [4.69, 9.17) is 0 Å². The van der Waals surface area contributed by atoms with Gasteiger partial charge in [-0.3, -0.25) is 15.0 Å². The number of hydrogen-bond acceptors (Lipinski definition) is 5. The molecule has 6 nitrogen and oxygen atoms in total. The first kappa shape index (κ1) is 17.8. The van der Waals surface area contributed by atoms with Crippen LogP contribution in [0.1, 0.15) is 32.1 Å². The molecule has 0 saturated carbocycles. The summed E-state index contributed by atoms with van der Waals surface area (Å²) in [5.74, 6) is -0.375. The number of benzene rings is 1. The van der Waals surface area contributed by atoms with Gasteiger partial charge < -0.3 is 9.64 Å². The van der Waals surface area contributed by atoms with Crippen LogP contribution in [0.15, 0.2) is 18.2 Å². The maximum absolute atomic E-state index is 12.6. The number of hydrogen-bond donors (Lipinski definition) is 0. The van der Waals surface area contributed by atoms with E-state index >= 15 is 0 Å². The standard InChI is InChI=1S/C17H23F2N3O3/c18-17(19)25-16-11-13(6-7-15(16)22(23)24)21-10-2-1-5-14(12-21)20-8-3-4-9-20/h6-7,11,14,17H,1-5,8-10,12H2. The molecule has 25 heavy (non-hydrogen) atoms. The van der Waals surface area contributed by atoms with Crippen molar-refractivity contribution in [3.8, 4) is 5.75 Å². The van der Waals surface area contributed by atoms with Gasteiger partial charge in [0.25, 0.3) is 0 Å². The lowest BCUT2D eigenvalue weighted by atomic mass is 10.1. The largest absolute Gasteiger partial charge is 0.427 e. The monoisotopic (exact) mass is 355 g/mol. The van der Waals surface area contributed by atoms with Crippen LogP contribution in [-0.4, -0.2) is 48.7 Å². The molecule has 2 saturated heterocycles. The maximum atomic E-state index is 12.6. The highest BCUT2D eigenvalue weighted by Gasteiger charge is 2.27. The highest BCUT2D eigenvalue weighted by atomic mass is 19.3. The number of halogens is 2. The van der Waals surface area contributed by atoms with Crippen LogP contribution in [0.5, 0.6) is 5.75 Å².